The molecule has 1 unspecified atom stereocenters. The minimum atomic E-state index is -0.547. The number of pyridine rings is 1. The fourth-order valence-corrected chi connectivity index (χ4v) is 5.69. The zero-order chi connectivity index (χ0) is 25.0. The van der Waals surface area contributed by atoms with Crippen LogP contribution in [0.5, 0.6) is 11.5 Å². The van der Waals surface area contributed by atoms with Crippen molar-refractivity contribution in [3.63, 3.8) is 0 Å². The van der Waals surface area contributed by atoms with Gasteiger partial charge < -0.3 is 19.7 Å². The van der Waals surface area contributed by atoms with Gasteiger partial charge in [0.2, 0.25) is 0 Å². The van der Waals surface area contributed by atoms with Crippen LogP contribution in [0, 0.1) is 12.7 Å². The second kappa shape index (κ2) is 8.86. The molecule has 1 aromatic carbocycles. The molecule has 8 nitrogen and oxygen atoms in total. The van der Waals surface area contributed by atoms with E-state index in [0.717, 1.165) is 19.3 Å². The second-order valence-corrected chi connectivity index (χ2v) is 10.3. The van der Waals surface area contributed by atoms with Gasteiger partial charge >= 0.3 is 6.03 Å². The number of hydrogen-bond donors (Lipinski definition) is 1. The lowest BCUT2D eigenvalue weighted by Crippen LogP contribution is -2.30. The van der Waals surface area contributed by atoms with Gasteiger partial charge in [0.25, 0.3) is 5.91 Å². The minimum Gasteiger partial charge on any atom is -0.453 e. The first-order valence-corrected chi connectivity index (χ1v) is 12.7. The van der Waals surface area contributed by atoms with Gasteiger partial charge in [-0.1, -0.05) is 0 Å². The highest BCUT2D eigenvalue weighted by Crippen LogP contribution is 2.38. The van der Waals surface area contributed by atoms with Crippen molar-refractivity contribution in [1.29, 1.82) is 0 Å². The molecule has 0 bridgehead atoms. The molecule has 0 spiro atoms. The summed E-state index contributed by atoms with van der Waals surface area (Å²) in [4.78, 5) is 32.4. The minimum absolute atomic E-state index is 0.0403. The number of fused-ring (bicyclic) bond motifs is 2. The summed E-state index contributed by atoms with van der Waals surface area (Å²) in [6, 6.07) is 8.22. The van der Waals surface area contributed by atoms with Crippen molar-refractivity contribution in [3.05, 3.63) is 52.9 Å². The molecule has 1 atom stereocenters. The highest BCUT2D eigenvalue weighted by atomic mass is 32.1. The quantitative estimate of drug-likeness (QED) is 0.407. The number of benzene rings is 1. The first-order valence-electron chi connectivity index (χ1n) is 11.9. The molecule has 1 aliphatic heterocycles. The summed E-state index contributed by atoms with van der Waals surface area (Å²) in [5.41, 5.74) is 1.74. The van der Waals surface area contributed by atoms with Crippen LogP contribution in [0.15, 0.2) is 36.5 Å². The number of aromatic nitrogens is 2. The van der Waals surface area contributed by atoms with E-state index in [9.17, 15) is 9.59 Å². The molecule has 1 saturated heterocycles. The van der Waals surface area contributed by atoms with E-state index in [0.29, 0.717) is 50.5 Å². The van der Waals surface area contributed by atoms with E-state index in [1.165, 1.54) is 22.0 Å². The van der Waals surface area contributed by atoms with Crippen LogP contribution in [0.4, 0.5) is 9.18 Å². The Labute approximate surface area is 210 Å². The molecule has 6 rings (SSSR count). The maximum Gasteiger partial charge on any atom is 0.326 e. The number of rotatable bonds is 5. The van der Waals surface area contributed by atoms with Crippen molar-refractivity contribution >= 4 is 44.4 Å². The molecule has 2 aliphatic rings. The first-order chi connectivity index (χ1) is 17.4. The van der Waals surface area contributed by atoms with Crippen molar-refractivity contribution in [1.82, 2.24) is 19.8 Å². The maximum absolute atomic E-state index is 15.5. The number of thiophene rings is 1. The molecule has 1 aliphatic carbocycles. The summed E-state index contributed by atoms with van der Waals surface area (Å²) < 4.78 is 29.1. The van der Waals surface area contributed by atoms with Gasteiger partial charge in [0.05, 0.1) is 26.7 Å². The number of nitrogens with zero attached hydrogens (tertiary/aromatic N) is 3. The number of hydrogen-bond acceptors (Lipinski definition) is 6. The van der Waals surface area contributed by atoms with Crippen LogP contribution in [-0.2, 0) is 4.74 Å². The Hall–Kier alpha value is -3.50. The van der Waals surface area contributed by atoms with Crippen molar-refractivity contribution in [2.45, 2.75) is 38.3 Å². The Morgan fingerprint density at radius 3 is 2.75 bits per heavy atom. The van der Waals surface area contributed by atoms with Gasteiger partial charge in [0, 0.05) is 49.6 Å². The van der Waals surface area contributed by atoms with Crippen molar-refractivity contribution in [2.24, 2.45) is 0 Å². The number of ether oxygens (including phenoxy) is 2. The van der Waals surface area contributed by atoms with Crippen LogP contribution in [0.25, 0.3) is 21.1 Å². The normalized spacial score (nSPS) is 17.8. The third-order valence-corrected chi connectivity index (χ3v) is 7.88. The van der Waals surface area contributed by atoms with E-state index < -0.39 is 5.82 Å². The molecule has 1 N–H and O–H groups in total. The van der Waals surface area contributed by atoms with E-state index >= 15 is 4.39 Å². The summed E-state index contributed by atoms with van der Waals surface area (Å²) >= 11 is 1.28. The molecule has 4 heterocycles. The van der Waals surface area contributed by atoms with E-state index in [-0.39, 0.29) is 29.8 Å². The van der Waals surface area contributed by atoms with Crippen LogP contribution in [-0.4, -0.2) is 58.7 Å². The molecule has 3 aromatic heterocycles. The summed E-state index contributed by atoms with van der Waals surface area (Å²) in [6.07, 6.45) is 4.38. The van der Waals surface area contributed by atoms with Crippen LogP contribution in [0.1, 0.15) is 34.6 Å². The van der Waals surface area contributed by atoms with Gasteiger partial charge in [0.15, 0.2) is 11.6 Å². The summed E-state index contributed by atoms with van der Waals surface area (Å²) in [5.74, 6) is -0.161. The Morgan fingerprint density at radius 1 is 1.17 bits per heavy atom. The molecule has 2 amide bonds. The molecule has 2 fully saturated rings. The predicted molar refractivity (Wildman–Crippen MR) is 135 cm³/mol. The molecule has 0 radical (unpaired) electrons. The second-order valence-electron chi connectivity index (χ2n) is 9.29. The van der Waals surface area contributed by atoms with Crippen LogP contribution in [0.3, 0.4) is 0 Å². The fraction of sp³-hybridized carbons (Fsp3) is 0.346. The number of carbonyl (C=O) groups is 2. The zero-order valence-electron chi connectivity index (χ0n) is 19.9. The summed E-state index contributed by atoms with van der Waals surface area (Å²) in [5, 5.41) is 3.26. The third kappa shape index (κ3) is 4.00. The molecule has 4 aromatic rings. The average Bonchev–Trinajstić information content (AvgIpc) is 3.26. The van der Waals surface area contributed by atoms with Gasteiger partial charge in [-0.15, -0.1) is 11.3 Å². The molecule has 10 heteroatoms. The Bertz CT molecular complexity index is 1510. The lowest BCUT2D eigenvalue weighted by atomic mass is 10.2. The maximum atomic E-state index is 15.5. The van der Waals surface area contributed by atoms with Gasteiger partial charge in [-0.25, -0.2) is 9.18 Å². The Morgan fingerprint density at radius 2 is 2.00 bits per heavy atom. The number of halogens is 1. The van der Waals surface area contributed by atoms with Crippen LogP contribution in [0.2, 0.25) is 0 Å². The average molecular weight is 509 g/mol. The smallest absolute Gasteiger partial charge is 0.326 e. The monoisotopic (exact) mass is 508 g/mol. The molecular weight excluding hydrogens is 483 g/mol. The topological polar surface area (TPSA) is 85.7 Å². The number of nitrogens with one attached hydrogen (secondary N) is 1. The number of amides is 2. The standard InChI is InChI=1S/C26H25FN4O4S/c1-14-11-17-19(31(14)26(33)29-15-3-4-15)5-6-20(23(17)27)35-21-7-9-28-18-12-22(36-24(18)21)25(32)30-10-8-16(13-30)34-2/h5-7,9,11-12,15-16H,3-4,8,10,13H2,1-2H3,(H,29,33). The summed E-state index contributed by atoms with van der Waals surface area (Å²) in [6.45, 7) is 2.98. The largest absolute Gasteiger partial charge is 0.453 e. The summed E-state index contributed by atoms with van der Waals surface area (Å²) in [7, 11) is 1.65. The lowest BCUT2D eigenvalue weighted by molar-refractivity contribution is 0.0728. The lowest BCUT2D eigenvalue weighted by Gasteiger charge is -2.14. The number of carbonyl (C=O) groups excluding carboxylic acids is 2. The third-order valence-electron chi connectivity index (χ3n) is 6.75. The Balaban J connectivity index is 1.30. The van der Waals surface area contributed by atoms with E-state index in [2.05, 4.69) is 10.3 Å². The molecular formula is C26H25FN4O4S. The number of likely N-dealkylation sites (tertiary alicyclic amines) is 1. The van der Waals surface area contributed by atoms with Gasteiger partial charge in [0.1, 0.15) is 5.75 Å². The van der Waals surface area contributed by atoms with Gasteiger partial charge in [-0.2, -0.15) is 0 Å². The molecule has 1 saturated carbocycles. The number of aryl methyl sites for hydroxylation is 1. The number of methoxy groups -OCH3 is 1. The fourth-order valence-electron chi connectivity index (χ4n) is 4.65. The van der Waals surface area contributed by atoms with Crippen LogP contribution >= 0.6 is 11.3 Å². The Kier molecular flexibility index (Phi) is 5.65. The zero-order valence-corrected chi connectivity index (χ0v) is 20.7. The first kappa shape index (κ1) is 22.9. The molecule has 36 heavy (non-hydrogen) atoms. The van der Waals surface area contributed by atoms with Gasteiger partial charge in [-0.05, 0) is 50.5 Å². The van der Waals surface area contributed by atoms with Crippen LogP contribution < -0.4 is 10.1 Å². The van der Waals surface area contributed by atoms with Crippen molar-refractivity contribution in [2.75, 3.05) is 20.2 Å². The van der Waals surface area contributed by atoms with Crippen molar-refractivity contribution < 1.29 is 23.5 Å². The SMILES string of the molecule is COC1CCN(C(=O)c2cc3nccc(Oc4ccc5c(cc(C)n5C(=O)NC5CC5)c4F)c3s2)C1. The van der Waals surface area contributed by atoms with E-state index in [4.69, 9.17) is 9.47 Å². The highest BCUT2D eigenvalue weighted by molar-refractivity contribution is 7.21. The van der Waals surface area contributed by atoms with Crippen molar-refractivity contribution in [3.8, 4) is 11.5 Å². The molecule has 186 valence electrons. The van der Waals surface area contributed by atoms with E-state index in [1.54, 1.807) is 49.4 Å². The van der Waals surface area contributed by atoms with E-state index in [1.807, 2.05) is 0 Å². The predicted octanol–water partition coefficient (Wildman–Crippen LogP) is 5.07. The highest BCUT2D eigenvalue weighted by Gasteiger charge is 2.29. The van der Waals surface area contributed by atoms with Gasteiger partial charge in [-0.3, -0.25) is 14.3 Å².